The maximum atomic E-state index is 12.5. The van der Waals surface area contributed by atoms with Gasteiger partial charge < -0.3 is 19.5 Å². The summed E-state index contributed by atoms with van der Waals surface area (Å²) in [5.74, 6) is 1.49. The minimum absolute atomic E-state index is 0.0464. The van der Waals surface area contributed by atoms with E-state index in [4.69, 9.17) is 9.26 Å². The van der Waals surface area contributed by atoms with Gasteiger partial charge in [-0.15, -0.1) is 0 Å². The Hall–Kier alpha value is -1.60. The van der Waals surface area contributed by atoms with Crippen molar-refractivity contribution in [3.8, 4) is 0 Å². The predicted octanol–water partition coefficient (Wildman–Crippen LogP) is 2.66. The van der Waals surface area contributed by atoms with Crippen molar-refractivity contribution in [2.24, 2.45) is 11.3 Å². The standard InChI is InChI=1S/C21H34N4O3/c1-21(2)16(13-19(21)22-20(26)25-8-10-27-11-9-25)12-17-14-18(28-23-17)15-24-6-4-3-5-7-24/h14,16,19H,3-13,15H2,1-2H3,(H,22,26)/t16-,19+/m1/s1. The Morgan fingerprint density at radius 3 is 2.68 bits per heavy atom. The Balaban J connectivity index is 1.26. The van der Waals surface area contributed by atoms with Crippen LogP contribution in [-0.4, -0.2) is 66.4 Å². The molecular weight excluding hydrogens is 356 g/mol. The van der Waals surface area contributed by atoms with E-state index in [1.807, 2.05) is 4.90 Å². The van der Waals surface area contributed by atoms with Crippen LogP contribution in [0.5, 0.6) is 0 Å². The number of amides is 2. The van der Waals surface area contributed by atoms with Gasteiger partial charge in [0.15, 0.2) is 5.76 Å². The van der Waals surface area contributed by atoms with Crippen molar-refractivity contribution in [3.63, 3.8) is 0 Å². The molecule has 156 valence electrons. The lowest BCUT2D eigenvalue weighted by atomic mass is 9.57. The highest BCUT2D eigenvalue weighted by Crippen LogP contribution is 2.47. The summed E-state index contributed by atoms with van der Waals surface area (Å²) in [5.41, 5.74) is 1.11. The van der Waals surface area contributed by atoms with Gasteiger partial charge in [0.05, 0.1) is 25.5 Å². The highest BCUT2D eigenvalue weighted by atomic mass is 16.5. The number of morpholine rings is 1. The number of hydrogen-bond donors (Lipinski definition) is 1. The third kappa shape index (κ3) is 4.35. The monoisotopic (exact) mass is 390 g/mol. The molecule has 3 heterocycles. The van der Waals surface area contributed by atoms with Gasteiger partial charge in [0.2, 0.25) is 0 Å². The van der Waals surface area contributed by atoms with E-state index < -0.39 is 0 Å². The number of urea groups is 1. The third-order valence-electron chi connectivity index (χ3n) is 6.96. The van der Waals surface area contributed by atoms with E-state index in [1.54, 1.807) is 0 Å². The van der Waals surface area contributed by atoms with Gasteiger partial charge in [0.25, 0.3) is 0 Å². The van der Waals surface area contributed by atoms with Gasteiger partial charge in [-0.25, -0.2) is 4.79 Å². The Morgan fingerprint density at radius 2 is 1.96 bits per heavy atom. The molecule has 0 aromatic carbocycles. The molecule has 0 unspecified atom stereocenters. The molecule has 2 atom stereocenters. The summed E-state index contributed by atoms with van der Waals surface area (Å²) >= 11 is 0. The van der Waals surface area contributed by atoms with E-state index in [1.165, 1.54) is 19.3 Å². The largest absolute Gasteiger partial charge is 0.378 e. The molecule has 1 aromatic rings. The minimum atomic E-state index is 0.0464. The van der Waals surface area contributed by atoms with Crippen LogP contribution in [0.25, 0.3) is 0 Å². The van der Waals surface area contributed by atoms with E-state index in [9.17, 15) is 4.79 Å². The summed E-state index contributed by atoms with van der Waals surface area (Å²) in [5, 5.41) is 7.55. The van der Waals surface area contributed by atoms with Crippen molar-refractivity contribution in [2.75, 3.05) is 39.4 Å². The molecule has 0 spiro atoms. The Bertz CT molecular complexity index is 662. The molecule has 1 saturated carbocycles. The van der Waals surface area contributed by atoms with Crippen LogP contribution in [0.3, 0.4) is 0 Å². The number of nitrogens with one attached hydrogen (secondary N) is 1. The maximum Gasteiger partial charge on any atom is 0.317 e. The molecule has 1 N–H and O–H groups in total. The number of ether oxygens (including phenoxy) is 1. The molecule has 3 aliphatic rings. The number of piperidine rings is 1. The van der Waals surface area contributed by atoms with Gasteiger partial charge in [-0.05, 0) is 50.1 Å². The second-order valence-corrected chi connectivity index (χ2v) is 9.18. The van der Waals surface area contributed by atoms with Gasteiger partial charge in [-0.3, -0.25) is 4.90 Å². The first kappa shape index (κ1) is 19.7. The Kier molecular flexibility index (Phi) is 5.92. The highest BCUT2D eigenvalue weighted by Gasteiger charge is 2.49. The fourth-order valence-corrected chi connectivity index (χ4v) is 4.73. The molecule has 3 fully saturated rings. The average molecular weight is 391 g/mol. The first-order valence-corrected chi connectivity index (χ1v) is 10.8. The molecule has 2 amide bonds. The lowest BCUT2D eigenvalue weighted by molar-refractivity contribution is 0.0101. The fraction of sp³-hybridized carbons (Fsp3) is 0.810. The van der Waals surface area contributed by atoms with Gasteiger partial charge in [-0.2, -0.15) is 0 Å². The summed E-state index contributed by atoms with van der Waals surface area (Å²) < 4.78 is 10.9. The molecule has 4 rings (SSSR count). The van der Waals surface area contributed by atoms with E-state index in [0.717, 1.165) is 43.9 Å². The van der Waals surface area contributed by atoms with Crippen LogP contribution in [0.4, 0.5) is 4.79 Å². The zero-order valence-electron chi connectivity index (χ0n) is 17.3. The van der Waals surface area contributed by atoms with Crippen molar-refractivity contribution in [3.05, 3.63) is 17.5 Å². The molecule has 7 nitrogen and oxygen atoms in total. The summed E-state index contributed by atoms with van der Waals surface area (Å²) in [4.78, 5) is 16.8. The third-order valence-corrected chi connectivity index (χ3v) is 6.96. The molecule has 1 aromatic heterocycles. The summed E-state index contributed by atoms with van der Waals surface area (Å²) in [7, 11) is 0. The van der Waals surface area contributed by atoms with Crippen molar-refractivity contribution in [1.29, 1.82) is 0 Å². The minimum Gasteiger partial charge on any atom is -0.378 e. The van der Waals surface area contributed by atoms with Gasteiger partial charge >= 0.3 is 6.03 Å². The van der Waals surface area contributed by atoms with Crippen molar-refractivity contribution >= 4 is 6.03 Å². The Labute approximate surface area is 167 Å². The SMILES string of the molecule is CC1(C)[C@H](Cc2cc(CN3CCCCC3)on2)C[C@@H]1NC(=O)N1CCOCC1. The van der Waals surface area contributed by atoms with Crippen LogP contribution in [0.2, 0.25) is 0 Å². The van der Waals surface area contributed by atoms with Crippen LogP contribution in [0.1, 0.15) is 51.0 Å². The van der Waals surface area contributed by atoms with Crippen LogP contribution in [0.15, 0.2) is 10.6 Å². The predicted molar refractivity (Wildman–Crippen MR) is 106 cm³/mol. The fourth-order valence-electron chi connectivity index (χ4n) is 4.73. The van der Waals surface area contributed by atoms with Crippen LogP contribution >= 0.6 is 0 Å². The van der Waals surface area contributed by atoms with Crippen LogP contribution < -0.4 is 5.32 Å². The molecule has 7 heteroatoms. The molecule has 0 bridgehead atoms. The quantitative estimate of drug-likeness (QED) is 0.837. The summed E-state index contributed by atoms with van der Waals surface area (Å²) in [6, 6.07) is 2.39. The number of rotatable bonds is 5. The first-order chi connectivity index (χ1) is 13.5. The number of aromatic nitrogens is 1. The zero-order chi connectivity index (χ0) is 19.6. The smallest absolute Gasteiger partial charge is 0.317 e. The second-order valence-electron chi connectivity index (χ2n) is 9.18. The second kappa shape index (κ2) is 8.41. The molecule has 28 heavy (non-hydrogen) atoms. The maximum absolute atomic E-state index is 12.5. The van der Waals surface area contributed by atoms with Gasteiger partial charge in [0.1, 0.15) is 0 Å². The van der Waals surface area contributed by atoms with Crippen LogP contribution in [0, 0.1) is 11.3 Å². The Morgan fingerprint density at radius 1 is 1.21 bits per heavy atom. The lowest BCUT2D eigenvalue weighted by Crippen LogP contribution is -2.61. The molecule has 2 aliphatic heterocycles. The molecular formula is C21H34N4O3. The topological polar surface area (TPSA) is 70.8 Å². The number of likely N-dealkylation sites (tertiary alicyclic amines) is 1. The van der Waals surface area contributed by atoms with E-state index in [0.29, 0.717) is 32.2 Å². The normalized spacial score (nSPS) is 28.0. The molecule has 1 aliphatic carbocycles. The molecule has 0 radical (unpaired) electrons. The number of nitrogens with zero attached hydrogens (tertiary/aromatic N) is 3. The van der Waals surface area contributed by atoms with E-state index in [-0.39, 0.29) is 17.5 Å². The first-order valence-electron chi connectivity index (χ1n) is 10.8. The van der Waals surface area contributed by atoms with Gasteiger partial charge in [0, 0.05) is 25.2 Å². The number of carbonyl (C=O) groups is 1. The summed E-state index contributed by atoms with van der Waals surface area (Å²) in [6.45, 7) is 10.3. The zero-order valence-corrected chi connectivity index (χ0v) is 17.3. The molecule has 2 saturated heterocycles. The van der Waals surface area contributed by atoms with E-state index in [2.05, 4.69) is 35.3 Å². The van der Waals surface area contributed by atoms with Gasteiger partial charge in [-0.1, -0.05) is 25.4 Å². The van der Waals surface area contributed by atoms with Crippen molar-refractivity contribution < 1.29 is 14.1 Å². The number of hydrogen-bond acceptors (Lipinski definition) is 5. The highest BCUT2D eigenvalue weighted by molar-refractivity contribution is 5.74. The lowest BCUT2D eigenvalue weighted by Gasteiger charge is -2.52. The van der Waals surface area contributed by atoms with Crippen molar-refractivity contribution in [1.82, 2.24) is 20.3 Å². The van der Waals surface area contributed by atoms with E-state index >= 15 is 0 Å². The van der Waals surface area contributed by atoms with Crippen molar-refractivity contribution in [2.45, 2.75) is 58.5 Å². The average Bonchev–Trinajstić information content (AvgIpc) is 3.15. The van der Waals surface area contributed by atoms with Crippen LogP contribution in [-0.2, 0) is 17.7 Å². The summed E-state index contributed by atoms with van der Waals surface area (Å²) in [6.07, 6.45) is 5.83. The number of carbonyl (C=O) groups excluding carboxylic acids is 1.